The van der Waals surface area contributed by atoms with E-state index >= 15 is 0 Å². The van der Waals surface area contributed by atoms with Gasteiger partial charge in [0.1, 0.15) is 17.2 Å². The van der Waals surface area contributed by atoms with Gasteiger partial charge in [-0.2, -0.15) is 0 Å². The maximum atomic E-state index is 11.8. The summed E-state index contributed by atoms with van der Waals surface area (Å²) < 4.78 is 34.7. The summed E-state index contributed by atoms with van der Waals surface area (Å²) >= 11 is 0. The third kappa shape index (κ3) is 50.4. The number of hydrogen-bond donors (Lipinski definition) is 4. The molecule has 18 heteroatoms. The molecule has 6 aromatic heterocycles. The van der Waals surface area contributed by atoms with Crippen LogP contribution in [0, 0.1) is 41.4 Å². The number of nitrogens with zero attached hydrogens (tertiary/aromatic N) is 6. The largest absolute Gasteiger partial charge is 0.477 e. The fourth-order valence-electron chi connectivity index (χ4n) is 14.3. The lowest BCUT2D eigenvalue weighted by Gasteiger charge is -2.21. The number of carbonyl (C=O) groups is 2. The maximum absolute atomic E-state index is 11.8. The number of aliphatic hydroxyl groups is 4. The Morgan fingerprint density at radius 2 is 0.713 bits per heavy atom. The minimum atomic E-state index is -0.639. The number of benzene rings is 1. The Kier molecular flexibility index (Phi) is 63.9. The summed E-state index contributed by atoms with van der Waals surface area (Å²) in [5.41, 5.74) is 5.30. The number of hydrogen-bond acceptors (Lipinski definition) is 18. The summed E-state index contributed by atoms with van der Waals surface area (Å²) in [6.07, 6.45) is 33.4. The van der Waals surface area contributed by atoms with Crippen molar-refractivity contribution in [3.63, 3.8) is 0 Å². The average Bonchev–Trinajstić information content (AvgIpc) is 0.841. The smallest absolute Gasteiger partial charge is 0.214 e. The van der Waals surface area contributed by atoms with Crippen molar-refractivity contribution in [2.24, 2.45) is 29.6 Å². The molecule has 2 unspecified atom stereocenters. The predicted molar refractivity (Wildman–Crippen MR) is 501 cm³/mol. The number of pyridine rings is 6. The molecule has 680 valence electrons. The van der Waals surface area contributed by atoms with Gasteiger partial charge in [-0.3, -0.25) is 4.79 Å². The monoisotopic (exact) mass is 1690 g/mol. The van der Waals surface area contributed by atoms with E-state index in [0.29, 0.717) is 139 Å². The van der Waals surface area contributed by atoms with Crippen LogP contribution in [0.5, 0.6) is 35.3 Å². The lowest BCUT2D eigenvalue weighted by Crippen LogP contribution is -2.15. The Bertz CT molecular complexity index is 3700. The van der Waals surface area contributed by atoms with E-state index in [0.717, 1.165) is 96.1 Å². The number of carbonyl (C=O) groups excluding carboxylic acids is 2. The molecule has 1 fully saturated rings. The van der Waals surface area contributed by atoms with Gasteiger partial charge in [0.05, 0.1) is 86.8 Å². The van der Waals surface area contributed by atoms with Crippen LogP contribution in [0.1, 0.15) is 385 Å². The number of Topliss-reactive ketones (excluding diaryl/α,β-unsaturated/α-hetero) is 2. The second-order valence-corrected chi connectivity index (χ2v) is 32.1. The van der Waals surface area contributed by atoms with Gasteiger partial charge in [0.25, 0.3) is 0 Å². The van der Waals surface area contributed by atoms with Crippen LogP contribution in [-0.4, -0.2) is 102 Å². The third-order valence-electron chi connectivity index (χ3n) is 20.8. The molecular formula is C104H162N6O12. The highest BCUT2D eigenvalue weighted by atomic mass is 16.5. The van der Waals surface area contributed by atoms with Crippen molar-refractivity contribution in [3.05, 3.63) is 179 Å². The van der Waals surface area contributed by atoms with Gasteiger partial charge >= 0.3 is 0 Å². The Balaban J connectivity index is 0.000000496. The fraction of sp³-hybridized carbons (Fsp3) is 0.615. The molecule has 1 aliphatic carbocycles. The first kappa shape index (κ1) is 110. The van der Waals surface area contributed by atoms with E-state index in [9.17, 15) is 30.0 Å². The first-order chi connectivity index (χ1) is 58.9. The zero-order valence-corrected chi connectivity index (χ0v) is 77.0. The molecule has 0 spiro atoms. The summed E-state index contributed by atoms with van der Waals surface area (Å²) in [4.78, 5) is 49.1. The lowest BCUT2D eigenvalue weighted by molar-refractivity contribution is -0.117. The predicted octanol–water partition coefficient (Wildman–Crippen LogP) is 26.1. The van der Waals surface area contributed by atoms with E-state index in [4.69, 9.17) is 28.4 Å². The van der Waals surface area contributed by atoms with Crippen LogP contribution < -0.4 is 28.4 Å². The second kappa shape index (κ2) is 71.0. The van der Waals surface area contributed by atoms with Crippen LogP contribution in [0.15, 0.2) is 140 Å². The molecule has 8 rings (SSSR count). The summed E-state index contributed by atoms with van der Waals surface area (Å²) in [7, 11) is 0. The number of aromatic nitrogens is 6. The van der Waals surface area contributed by atoms with E-state index in [1.165, 1.54) is 128 Å². The van der Waals surface area contributed by atoms with Crippen LogP contribution in [0.3, 0.4) is 0 Å². The molecule has 0 aliphatic heterocycles. The molecule has 0 saturated heterocycles. The molecule has 1 aliphatic rings. The van der Waals surface area contributed by atoms with E-state index in [1.54, 1.807) is 19.1 Å². The Morgan fingerprint density at radius 1 is 0.369 bits per heavy atom. The second-order valence-electron chi connectivity index (χ2n) is 32.1. The van der Waals surface area contributed by atoms with Crippen molar-refractivity contribution in [1.29, 1.82) is 0 Å². The fourth-order valence-corrected chi connectivity index (χ4v) is 14.3. The molecular weight excluding hydrogens is 1530 g/mol. The van der Waals surface area contributed by atoms with Crippen LogP contribution in [0.25, 0.3) is 0 Å². The van der Waals surface area contributed by atoms with Crippen molar-refractivity contribution in [3.8, 4) is 47.1 Å². The number of ketones is 2. The maximum Gasteiger partial charge on any atom is 0.214 e. The molecule has 4 N–H and O–H groups in total. The van der Waals surface area contributed by atoms with E-state index in [2.05, 4.69) is 123 Å². The Morgan fingerprint density at radius 3 is 1.07 bits per heavy atom. The molecule has 18 nitrogen and oxygen atoms in total. The third-order valence-corrected chi connectivity index (χ3v) is 20.8. The summed E-state index contributed by atoms with van der Waals surface area (Å²) in [5, 5.41) is 40.1. The van der Waals surface area contributed by atoms with Crippen LogP contribution in [0.4, 0.5) is 0 Å². The zero-order chi connectivity index (χ0) is 88.3. The van der Waals surface area contributed by atoms with Crippen molar-refractivity contribution in [1.82, 2.24) is 29.9 Å². The molecule has 7 aromatic rings. The van der Waals surface area contributed by atoms with Gasteiger partial charge in [0.2, 0.25) is 35.3 Å². The molecule has 6 heterocycles. The summed E-state index contributed by atoms with van der Waals surface area (Å²) in [6, 6.07) is 43.8. The van der Waals surface area contributed by atoms with Gasteiger partial charge in [0.15, 0.2) is 5.78 Å². The van der Waals surface area contributed by atoms with Gasteiger partial charge < -0.3 is 53.6 Å². The van der Waals surface area contributed by atoms with Crippen LogP contribution >= 0.6 is 0 Å². The highest BCUT2D eigenvalue weighted by Crippen LogP contribution is 2.28. The van der Waals surface area contributed by atoms with E-state index in [1.807, 2.05) is 136 Å². The molecule has 1 saturated carbocycles. The summed E-state index contributed by atoms with van der Waals surface area (Å²) in [5.74, 6) is 13.1. The quantitative estimate of drug-likeness (QED) is 0.0204. The summed E-state index contributed by atoms with van der Waals surface area (Å²) in [6.45, 7) is 33.6. The normalized spacial score (nSPS) is 12.6. The van der Waals surface area contributed by atoms with Crippen molar-refractivity contribution in [2.45, 2.75) is 347 Å². The topological polar surface area (TPSA) is 248 Å². The minimum absolute atomic E-state index is 0. The van der Waals surface area contributed by atoms with Gasteiger partial charge in [0, 0.05) is 62.1 Å². The first-order valence-corrected chi connectivity index (χ1v) is 46.7. The highest BCUT2D eigenvalue weighted by molar-refractivity contribution is 5.94. The number of ether oxygens (including phenoxy) is 6. The van der Waals surface area contributed by atoms with E-state index in [-0.39, 0.29) is 19.0 Å². The van der Waals surface area contributed by atoms with Crippen molar-refractivity contribution < 1.29 is 58.4 Å². The van der Waals surface area contributed by atoms with Crippen LogP contribution in [0.2, 0.25) is 0 Å². The van der Waals surface area contributed by atoms with Gasteiger partial charge in [-0.05, 0) is 187 Å². The Labute approximate surface area is 738 Å². The molecule has 1 aromatic carbocycles. The standard InChI is InChI=1S/C19H31NO3.C17H21NO2.2C17H29NO2.C17H27NO2.C16H21NO.CH4/c1-4-8-16(9-5-2)14-23-19-13-7-11-17(20-19)18(22)12-6-10-15(3)21;1-2-7-16(19)15-10-6-11-17(18-15)20-13-12-14-8-4-3-5-9-14;3*1-4-8-14(9-5-2)13-20-17-12-7-11-15(18-17)16(19)10-6-3;1-2-3-10-15-11-7-12-16(17-15)18-13-14-8-5-4-6-9-14;/h7,11,13,16,18,22H,4-6,8-10,12,14H2,1-3H3;3-6,8-11,16,19H,2,7,12-13H2,1H3;2*7,11-12,14,16,19H,4-6,8-10,13H2,1-3H3;7,11-12,14H,4-6,8-10,13H2,1-3H3;7,11-12,14H,2,4-6,8-9,13H2,1H3;1H4/t;2*16-;;;;/m.10..../s1. The number of rotatable bonds is 52. The SMILES string of the molecule is C.CCC#Cc1cccc(OCC2CCCCC2)n1.CCCC(=O)c1cccc(OCC(CCC)CCC)n1.CCCC(CCC)COc1cccc(C(O)CCC)n1.CCCC(CCC)COc1cccc(C(O)CCCC(C)=O)n1.CCCC(CCC)COc1cccc([C@@H](O)CCC)n1.CCC[C@@H](O)c1cccc(OCCc2ccccc2)n1. The Hall–Kier alpha value is -8.34. The molecule has 0 bridgehead atoms. The molecule has 0 amide bonds. The number of aliphatic hydroxyl groups excluding tert-OH is 4. The minimum Gasteiger partial charge on any atom is -0.477 e. The van der Waals surface area contributed by atoms with Crippen LogP contribution in [-0.2, 0) is 11.2 Å². The highest BCUT2D eigenvalue weighted by Gasteiger charge is 2.19. The van der Waals surface area contributed by atoms with Gasteiger partial charge in [-0.25, -0.2) is 29.9 Å². The molecule has 0 radical (unpaired) electrons. The van der Waals surface area contributed by atoms with Gasteiger partial charge in [-0.1, -0.05) is 260 Å². The zero-order valence-electron chi connectivity index (χ0n) is 77.0. The average molecular weight is 1690 g/mol. The molecule has 4 atom stereocenters. The van der Waals surface area contributed by atoms with Crippen molar-refractivity contribution in [2.75, 3.05) is 39.6 Å². The lowest BCUT2D eigenvalue weighted by atomic mass is 9.90. The van der Waals surface area contributed by atoms with E-state index < -0.39 is 24.4 Å². The molecule has 122 heavy (non-hydrogen) atoms. The van der Waals surface area contributed by atoms with Gasteiger partial charge in [-0.15, -0.1) is 0 Å². The van der Waals surface area contributed by atoms with Crippen molar-refractivity contribution >= 4 is 11.6 Å². The first-order valence-electron chi connectivity index (χ1n) is 46.7.